The van der Waals surface area contributed by atoms with Gasteiger partial charge in [0.25, 0.3) is 0 Å². The van der Waals surface area contributed by atoms with Crippen molar-refractivity contribution in [3.05, 3.63) is 46.3 Å². The monoisotopic (exact) mass is 426 g/mol. The zero-order chi connectivity index (χ0) is 20.1. The lowest BCUT2D eigenvalue weighted by Crippen LogP contribution is -2.32. The number of halogens is 1. The molecule has 4 aromatic rings. The maximum atomic E-state index is 12.4. The predicted octanol–water partition coefficient (Wildman–Crippen LogP) is 3.93. The second-order valence-electron chi connectivity index (χ2n) is 7.41. The van der Waals surface area contributed by atoms with Crippen molar-refractivity contribution >= 4 is 56.1 Å². The quantitative estimate of drug-likeness (QED) is 0.537. The third-order valence-electron chi connectivity index (χ3n) is 5.40. The van der Waals surface area contributed by atoms with Gasteiger partial charge in [0.15, 0.2) is 0 Å². The molecule has 148 valence electrons. The van der Waals surface area contributed by atoms with Crippen LogP contribution in [0, 0.1) is 5.92 Å². The number of rotatable bonds is 3. The second kappa shape index (κ2) is 6.96. The zero-order valence-corrected chi connectivity index (χ0v) is 17.6. The fraction of sp³-hybridized carbons (Fsp3) is 0.300. The molecule has 1 N–H and O–H groups in total. The largest absolute Gasteiger partial charge is 0.349 e. The minimum absolute atomic E-state index is 0.0358. The van der Waals surface area contributed by atoms with Crippen molar-refractivity contribution < 1.29 is 4.79 Å². The number of hydrogen-bond acceptors (Lipinski definition) is 6. The van der Waals surface area contributed by atoms with Crippen molar-refractivity contribution in [1.82, 2.24) is 24.5 Å². The van der Waals surface area contributed by atoms with E-state index in [9.17, 15) is 4.79 Å². The first-order valence-electron chi connectivity index (χ1n) is 9.38. The van der Waals surface area contributed by atoms with Gasteiger partial charge in [-0.3, -0.25) is 4.79 Å². The third kappa shape index (κ3) is 3.03. The van der Waals surface area contributed by atoms with Gasteiger partial charge in [0.05, 0.1) is 27.8 Å². The number of aromatic nitrogens is 4. The summed E-state index contributed by atoms with van der Waals surface area (Å²) >= 11 is 8.24. The Morgan fingerprint density at radius 3 is 3.03 bits per heavy atom. The number of aryl methyl sites for hydroxylation is 1. The maximum Gasteiger partial charge on any atom is 0.225 e. The molecule has 0 unspecified atom stereocenters. The van der Waals surface area contributed by atoms with Gasteiger partial charge in [-0.05, 0) is 37.0 Å². The summed E-state index contributed by atoms with van der Waals surface area (Å²) < 4.78 is 1.73. The average molecular weight is 427 g/mol. The first kappa shape index (κ1) is 18.3. The standard InChI is InChI=1S/C20H19ClN6OS/c1-26(2)20(28)11-3-4-12-15(9-11)29-19-16(12)18(22-10-23-19)25-13-6-8-27-14(17(13)21)5-7-24-27/h5-8,10-11H,3-4,9H2,1-2H3,(H,22,23,25)/t11-/m0/s1. The van der Waals surface area contributed by atoms with E-state index < -0.39 is 0 Å². The first-order chi connectivity index (χ1) is 14.0. The van der Waals surface area contributed by atoms with E-state index in [0.717, 1.165) is 46.5 Å². The van der Waals surface area contributed by atoms with Crippen LogP contribution in [0.15, 0.2) is 30.9 Å². The lowest BCUT2D eigenvalue weighted by molar-refractivity contribution is -0.133. The Bertz CT molecular complexity index is 1250. The predicted molar refractivity (Wildman–Crippen MR) is 115 cm³/mol. The van der Waals surface area contributed by atoms with Gasteiger partial charge in [0.2, 0.25) is 5.91 Å². The number of fused-ring (bicyclic) bond motifs is 4. The van der Waals surface area contributed by atoms with Crippen molar-refractivity contribution in [3.8, 4) is 0 Å². The number of carbonyl (C=O) groups is 1. The molecule has 0 radical (unpaired) electrons. The fourth-order valence-electron chi connectivity index (χ4n) is 3.97. The van der Waals surface area contributed by atoms with Crippen LogP contribution in [-0.4, -0.2) is 44.5 Å². The Labute approximate surface area is 176 Å². The molecule has 7 nitrogen and oxygen atoms in total. The van der Waals surface area contributed by atoms with Crippen LogP contribution in [0.25, 0.3) is 15.7 Å². The third-order valence-corrected chi connectivity index (χ3v) is 6.96. The summed E-state index contributed by atoms with van der Waals surface area (Å²) in [5.74, 6) is 0.975. The Kier molecular flexibility index (Phi) is 4.40. The van der Waals surface area contributed by atoms with Crippen molar-refractivity contribution in [1.29, 1.82) is 0 Å². The lowest BCUT2D eigenvalue weighted by Gasteiger charge is -2.24. The van der Waals surface area contributed by atoms with E-state index in [4.69, 9.17) is 11.6 Å². The van der Waals surface area contributed by atoms with Gasteiger partial charge in [-0.2, -0.15) is 5.10 Å². The maximum absolute atomic E-state index is 12.4. The van der Waals surface area contributed by atoms with E-state index >= 15 is 0 Å². The van der Waals surface area contributed by atoms with Gasteiger partial charge >= 0.3 is 0 Å². The number of pyridine rings is 1. The molecule has 1 atom stereocenters. The molecule has 9 heteroatoms. The number of amides is 1. The Morgan fingerprint density at radius 2 is 2.21 bits per heavy atom. The van der Waals surface area contributed by atoms with Gasteiger partial charge in [-0.25, -0.2) is 14.5 Å². The molecule has 0 saturated heterocycles. The minimum Gasteiger partial charge on any atom is -0.349 e. The SMILES string of the molecule is CN(C)C(=O)[C@H]1CCc2c(sc3ncnc(Nc4ccn5nccc5c4Cl)c23)C1. The molecular weight excluding hydrogens is 408 g/mol. The molecule has 1 aliphatic rings. The molecule has 0 bridgehead atoms. The van der Waals surface area contributed by atoms with E-state index in [1.165, 1.54) is 10.4 Å². The van der Waals surface area contributed by atoms with Crippen LogP contribution in [0.5, 0.6) is 0 Å². The molecule has 0 aromatic carbocycles. The first-order valence-corrected chi connectivity index (χ1v) is 10.6. The fourth-order valence-corrected chi connectivity index (χ4v) is 5.50. The van der Waals surface area contributed by atoms with E-state index in [1.807, 2.05) is 32.4 Å². The van der Waals surface area contributed by atoms with Crippen LogP contribution in [0.1, 0.15) is 16.9 Å². The molecule has 0 aliphatic heterocycles. The van der Waals surface area contributed by atoms with Crippen molar-refractivity contribution in [2.24, 2.45) is 5.92 Å². The summed E-state index contributed by atoms with van der Waals surface area (Å²) in [5.41, 5.74) is 2.85. The van der Waals surface area contributed by atoms with Crippen molar-refractivity contribution in [2.45, 2.75) is 19.3 Å². The normalized spacial score (nSPS) is 16.2. The molecule has 1 amide bonds. The number of nitrogens with one attached hydrogen (secondary N) is 1. The Morgan fingerprint density at radius 1 is 1.34 bits per heavy atom. The van der Waals surface area contributed by atoms with Crippen LogP contribution < -0.4 is 5.32 Å². The summed E-state index contributed by atoms with van der Waals surface area (Å²) in [6, 6.07) is 3.76. The van der Waals surface area contributed by atoms with E-state index in [2.05, 4.69) is 20.4 Å². The highest BCUT2D eigenvalue weighted by Gasteiger charge is 2.30. The minimum atomic E-state index is 0.0358. The number of thiophene rings is 1. The summed E-state index contributed by atoms with van der Waals surface area (Å²) in [6.45, 7) is 0. The number of carbonyl (C=O) groups excluding carboxylic acids is 1. The average Bonchev–Trinajstić information content (AvgIpc) is 3.34. The molecule has 5 rings (SSSR count). The van der Waals surface area contributed by atoms with Crippen molar-refractivity contribution in [3.63, 3.8) is 0 Å². The Balaban J connectivity index is 1.54. The summed E-state index contributed by atoms with van der Waals surface area (Å²) in [5, 5.41) is 9.23. The molecule has 0 fully saturated rings. The highest BCUT2D eigenvalue weighted by molar-refractivity contribution is 7.19. The Hall–Kier alpha value is -2.71. The lowest BCUT2D eigenvalue weighted by atomic mass is 9.87. The van der Waals surface area contributed by atoms with Crippen LogP contribution >= 0.6 is 22.9 Å². The van der Waals surface area contributed by atoms with Crippen LogP contribution in [0.2, 0.25) is 5.02 Å². The smallest absolute Gasteiger partial charge is 0.225 e. The highest BCUT2D eigenvalue weighted by Crippen LogP contribution is 2.41. The topological polar surface area (TPSA) is 75.4 Å². The van der Waals surface area contributed by atoms with E-state index in [-0.39, 0.29) is 11.8 Å². The summed E-state index contributed by atoms with van der Waals surface area (Å²) in [4.78, 5) is 25.3. The number of anilines is 2. The molecule has 4 aromatic heterocycles. The van der Waals surface area contributed by atoms with E-state index in [1.54, 1.807) is 33.3 Å². The molecular formula is C20H19ClN6OS. The molecule has 1 aliphatic carbocycles. The summed E-state index contributed by atoms with van der Waals surface area (Å²) in [6.07, 6.45) is 7.59. The molecule has 0 saturated carbocycles. The highest BCUT2D eigenvalue weighted by atomic mass is 35.5. The van der Waals surface area contributed by atoms with Crippen LogP contribution in [0.3, 0.4) is 0 Å². The zero-order valence-electron chi connectivity index (χ0n) is 16.0. The van der Waals surface area contributed by atoms with Crippen LogP contribution in [0.4, 0.5) is 11.5 Å². The van der Waals surface area contributed by atoms with Crippen LogP contribution in [-0.2, 0) is 17.6 Å². The number of nitrogens with zero attached hydrogens (tertiary/aromatic N) is 5. The molecule has 0 spiro atoms. The van der Waals surface area contributed by atoms with Gasteiger partial charge in [0.1, 0.15) is 17.0 Å². The molecule has 29 heavy (non-hydrogen) atoms. The van der Waals surface area contributed by atoms with E-state index in [0.29, 0.717) is 5.02 Å². The van der Waals surface area contributed by atoms with Gasteiger partial charge in [-0.15, -0.1) is 11.3 Å². The van der Waals surface area contributed by atoms with Crippen molar-refractivity contribution in [2.75, 3.05) is 19.4 Å². The second-order valence-corrected chi connectivity index (χ2v) is 8.87. The van der Waals surface area contributed by atoms with Gasteiger partial charge < -0.3 is 10.2 Å². The van der Waals surface area contributed by atoms with Gasteiger partial charge in [0, 0.05) is 31.1 Å². The number of hydrogen-bond donors (Lipinski definition) is 1. The van der Waals surface area contributed by atoms with Gasteiger partial charge in [-0.1, -0.05) is 11.6 Å². The molecule has 4 heterocycles. The summed E-state index contributed by atoms with van der Waals surface area (Å²) in [7, 11) is 3.63.